The molecule has 0 aliphatic carbocycles. The Balaban J connectivity index is 2.43. The first-order valence-electron chi connectivity index (χ1n) is 4.74. The number of nitrogens with zero attached hydrogens (tertiary/aromatic N) is 2. The normalized spacial score (nSPS) is 10.1. The van der Waals surface area contributed by atoms with Gasteiger partial charge in [-0.2, -0.15) is 0 Å². The fourth-order valence-corrected chi connectivity index (χ4v) is 1.38. The molecule has 2 aromatic rings. The topological polar surface area (TPSA) is 98.1 Å². The van der Waals surface area contributed by atoms with E-state index in [-0.39, 0.29) is 22.3 Å². The van der Waals surface area contributed by atoms with Crippen LogP contribution in [-0.2, 0) is 0 Å². The van der Waals surface area contributed by atoms with Crippen molar-refractivity contribution in [2.75, 3.05) is 0 Å². The molecule has 0 aliphatic rings. The van der Waals surface area contributed by atoms with E-state index in [1.54, 1.807) is 6.07 Å². The molecule has 0 unspecified atom stereocenters. The SMILES string of the molecule is O=c1[nH]cnc(Oc2ccccc2[N+](=O)[O-])c1Cl. The summed E-state index contributed by atoms with van der Waals surface area (Å²) in [7, 11) is 0. The molecule has 2 rings (SSSR count). The van der Waals surface area contributed by atoms with Crippen molar-refractivity contribution in [1.82, 2.24) is 9.97 Å². The van der Waals surface area contributed by atoms with E-state index >= 15 is 0 Å². The number of hydrogen-bond acceptors (Lipinski definition) is 5. The van der Waals surface area contributed by atoms with Gasteiger partial charge in [0.05, 0.1) is 11.3 Å². The fourth-order valence-electron chi connectivity index (χ4n) is 1.24. The first-order chi connectivity index (χ1) is 8.59. The number of rotatable bonds is 3. The third kappa shape index (κ3) is 2.30. The van der Waals surface area contributed by atoms with Crippen molar-refractivity contribution in [3.8, 4) is 11.6 Å². The fraction of sp³-hybridized carbons (Fsp3) is 0. The third-order valence-electron chi connectivity index (χ3n) is 2.03. The Labute approximate surface area is 105 Å². The Hall–Kier alpha value is -2.41. The van der Waals surface area contributed by atoms with Gasteiger partial charge >= 0.3 is 5.69 Å². The predicted molar refractivity (Wildman–Crippen MR) is 63.0 cm³/mol. The minimum Gasteiger partial charge on any atom is -0.430 e. The molecule has 0 fully saturated rings. The number of nitrogens with one attached hydrogen (secondary N) is 1. The van der Waals surface area contributed by atoms with Gasteiger partial charge in [0.1, 0.15) is 0 Å². The van der Waals surface area contributed by atoms with E-state index in [4.69, 9.17) is 16.3 Å². The molecule has 1 aromatic heterocycles. The van der Waals surface area contributed by atoms with Crippen LogP contribution in [-0.4, -0.2) is 14.9 Å². The quantitative estimate of drug-likeness (QED) is 0.678. The maximum absolute atomic E-state index is 11.2. The molecule has 1 heterocycles. The largest absolute Gasteiger partial charge is 0.430 e. The lowest BCUT2D eigenvalue weighted by Gasteiger charge is -2.05. The number of ether oxygens (including phenoxy) is 1. The standard InChI is InChI=1S/C10H6ClN3O4/c11-8-9(15)12-5-13-10(8)18-7-4-2-1-3-6(7)14(16)17/h1-5H,(H,12,13,15). The van der Waals surface area contributed by atoms with Gasteiger partial charge in [-0.15, -0.1) is 0 Å². The van der Waals surface area contributed by atoms with Crippen LogP contribution in [0.25, 0.3) is 0 Å². The molecule has 0 radical (unpaired) electrons. The number of hydrogen-bond donors (Lipinski definition) is 1. The van der Waals surface area contributed by atoms with Crippen molar-refractivity contribution < 1.29 is 9.66 Å². The highest BCUT2D eigenvalue weighted by atomic mass is 35.5. The van der Waals surface area contributed by atoms with Gasteiger partial charge in [-0.05, 0) is 6.07 Å². The summed E-state index contributed by atoms with van der Waals surface area (Å²) < 4.78 is 5.18. The van der Waals surface area contributed by atoms with Crippen LogP contribution >= 0.6 is 11.6 Å². The third-order valence-corrected chi connectivity index (χ3v) is 2.37. The molecule has 0 bridgehead atoms. The van der Waals surface area contributed by atoms with Crippen LogP contribution < -0.4 is 10.3 Å². The summed E-state index contributed by atoms with van der Waals surface area (Å²) in [5.41, 5.74) is -0.823. The van der Waals surface area contributed by atoms with Gasteiger partial charge in [-0.25, -0.2) is 4.98 Å². The molecule has 0 atom stereocenters. The highest BCUT2D eigenvalue weighted by Gasteiger charge is 2.17. The summed E-state index contributed by atoms with van der Waals surface area (Å²) in [4.78, 5) is 27.3. The maximum atomic E-state index is 11.2. The van der Waals surface area contributed by atoms with E-state index in [2.05, 4.69) is 9.97 Å². The van der Waals surface area contributed by atoms with E-state index in [0.29, 0.717) is 0 Å². The summed E-state index contributed by atoms with van der Waals surface area (Å²) in [6.07, 6.45) is 1.10. The van der Waals surface area contributed by atoms with E-state index in [1.807, 2.05) is 0 Å². The molecule has 0 saturated carbocycles. The highest BCUT2D eigenvalue weighted by molar-refractivity contribution is 6.31. The van der Waals surface area contributed by atoms with Gasteiger partial charge in [0.15, 0.2) is 5.02 Å². The lowest BCUT2D eigenvalue weighted by atomic mass is 10.3. The molecule has 1 N–H and O–H groups in total. The van der Waals surface area contributed by atoms with Crippen LogP contribution in [0, 0.1) is 10.1 Å². The van der Waals surface area contributed by atoms with Crippen molar-refractivity contribution in [2.45, 2.75) is 0 Å². The molecule has 0 saturated heterocycles. The zero-order valence-electron chi connectivity index (χ0n) is 8.79. The molecule has 7 nitrogen and oxygen atoms in total. The minimum atomic E-state index is -0.601. The summed E-state index contributed by atoms with van der Waals surface area (Å²) in [5.74, 6) is -0.225. The Bertz CT molecular complexity index is 656. The number of para-hydroxylation sites is 2. The van der Waals surface area contributed by atoms with Crippen LogP contribution in [0.2, 0.25) is 5.02 Å². The molecule has 0 aliphatic heterocycles. The van der Waals surface area contributed by atoms with Crippen LogP contribution in [0.1, 0.15) is 0 Å². The molecular formula is C10H6ClN3O4. The van der Waals surface area contributed by atoms with Crippen molar-refractivity contribution in [3.63, 3.8) is 0 Å². The summed E-state index contributed by atoms with van der Waals surface area (Å²) in [5, 5.41) is 10.5. The summed E-state index contributed by atoms with van der Waals surface area (Å²) in [6.45, 7) is 0. The smallest absolute Gasteiger partial charge is 0.311 e. The van der Waals surface area contributed by atoms with Gasteiger partial charge in [-0.3, -0.25) is 14.9 Å². The van der Waals surface area contributed by atoms with Crippen LogP contribution in [0.4, 0.5) is 5.69 Å². The summed E-state index contributed by atoms with van der Waals surface area (Å²) >= 11 is 5.67. The molecule has 0 spiro atoms. The first kappa shape index (κ1) is 12.1. The Morgan fingerprint density at radius 3 is 2.83 bits per heavy atom. The van der Waals surface area contributed by atoms with Crippen molar-refractivity contribution in [1.29, 1.82) is 0 Å². The molecular weight excluding hydrogens is 262 g/mol. The number of nitro benzene ring substituents is 1. The average molecular weight is 268 g/mol. The second kappa shape index (κ2) is 4.84. The van der Waals surface area contributed by atoms with Crippen molar-refractivity contribution >= 4 is 17.3 Å². The lowest BCUT2D eigenvalue weighted by molar-refractivity contribution is -0.385. The van der Waals surface area contributed by atoms with Gasteiger partial charge in [0.2, 0.25) is 11.6 Å². The van der Waals surface area contributed by atoms with Gasteiger partial charge in [0, 0.05) is 6.07 Å². The summed E-state index contributed by atoms with van der Waals surface area (Å²) in [6, 6.07) is 5.72. The van der Waals surface area contributed by atoms with Gasteiger partial charge < -0.3 is 9.72 Å². The number of nitro groups is 1. The number of benzene rings is 1. The van der Waals surface area contributed by atoms with Gasteiger partial charge in [-0.1, -0.05) is 23.7 Å². The van der Waals surface area contributed by atoms with E-state index in [0.717, 1.165) is 6.33 Å². The molecule has 0 amide bonds. The maximum Gasteiger partial charge on any atom is 0.311 e. The van der Waals surface area contributed by atoms with E-state index < -0.39 is 10.5 Å². The second-order valence-electron chi connectivity index (χ2n) is 3.18. The van der Waals surface area contributed by atoms with Crippen molar-refractivity contribution in [3.05, 3.63) is 56.1 Å². The number of aromatic amines is 1. The zero-order chi connectivity index (χ0) is 13.1. The van der Waals surface area contributed by atoms with Crippen LogP contribution in [0.15, 0.2) is 35.4 Å². The lowest BCUT2D eigenvalue weighted by Crippen LogP contribution is -2.08. The van der Waals surface area contributed by atoms with Crippen LogP contribution in [0.5, 0.6) is 11.6 Å². The first-order valence-corrected chi connectivity index (χ1v) is 5.12. The monoisotopic (exact) mass is 267 g/mol. The second-order valence-corrected chi connectivity index (χ2v) is 3.56. The zero-order valence-corrected chi connectivity index (χ0v) is 9.55. The van der Waals surface area contributed by atoms with E-state index in [9.17, 15) is 14.9 Å². The minimum absolute atomic E-state index is 0.0394. The molecule has 92 valence electrons. The molecule has 8 heteroatoms. The molecule has 1 aromatic carbocycles. The Morgan fingerprint density at radius 2 is 2.11 bits per heavy atom. The number of aromatic nitrogens is 2. The Morgan fingerprint density at radius 1 is 1.39 bits per heavy atom. The van der Waals surface area contributed by atoms with Crippen LogP contribution in [0.3, 0.4) is 0 Å². The predicted octanol–water partition coefficient (Wildman–Crippen LogP) is 2.12. The highest BCUT2D eigenvalue weighted by Crippen LogP contribution is 2.31. The number of H-pyrrole nitrogens is 1. The average Bonchev–Trinajstić information content (AvgIpc) is 2.35. The van der Waals surface area contributed by atoms with Gasteiger partial charge in [0.25, 0.3) is 5.56 Å². The number of halogens is 1. The molecule has 18 heavy (non-hydrogen) atoms. The Kier molecular flexibility index (Phi) is 3.24. The van der Waals surface area contributed by atoms with E-state index in [1.165, 1.54) is 18.2 Å². The van der Waals surface area contributed by atoms with Crippen molar-refractivity contribution in [2.24, 2.45) is 0 Å².